The van der Waals surface area contributed by atoms with Crippen LogP contribution in [0.2, 0.25) is 0 Å². The number of carbonyl (C=O) groups is 1. The SMILES string of the molecule is CCCCC=C1CCC(C(=O)NCc2ccc(O)c(OC)c2)CC1. The van der Waals surface area contributed by atoms with Crippen LogP contribution in [-0.4, -0.2) is 18.1 Å². The van der Waals surface area contributed by atoms with Gasteiger partial charge in [-0.3, -0.25) is 4.79 Å². The second-order valence-corrected chi connectivity index (χ2v) is 6.50. The molecule has 1 aliphatic carbocycles. The van der Waals surface area contributed by atoms with Gasteiger partial charge in [0.15, 0.2) is 11.5 Å². The van der Waals surface area contributed by atoms with Crippen molar-refractivity contribution < 1.29 is 14.6 Å². The Kier molecular flexibility index (Phi) is 7.16. The van der Waals surface area contributed by atoms with Crippen LogP contribution in [0.25, 0.3) is 0 Å². The molecule has 0 spiro atoms. The quantitative estimate of drug-likeness (QED) is 0.578. The van der Waals surface area contributed by atoms with Gasteiger partial charge in [0.25, 0.3) is 0 Å². The van der Waals surface area contributed by atoms with Gasteiger partial charge in [-0.1, -0.05) is 37.5 Å². The summed E-state index contributed by atoms with van der Waals surface area (Å²) in [5.41, 5.74) is 2.45. The van der Waals surface area contributed by atoms with Crippen molar-refractivity contribution in [1.82, 2.24) is 5.32 Å². The highest BCUT2D eigenvalue weighted by molar-refractivity contribution is 5.78. The van der Waals surface area contributed by atoms with E-state index in [0.717, 1.165) is 31.2 Å². The molecule has 0 unspecified atom stereocenters. The molecule has 0 radical (unpaired) electrons. The maximum absolute atomic E-state index is 12.3. The number of hydrogen-bond donors (Lipinski definition) is 2. The van der Waals surface area contributed by atoms with Crippen molar-refractivity contribution >= 4 is 5.91 Å². The average molecular weight is 331 g/mol. The monoisotopic (exact) mass is 331 g/mol. The maximum Gasteiger partial charge on any atom is 0.223 e. The molecule has 1 aromatic rings. The molecule has 4 heteroatoms. The van der Waals surface area contributed by atoms with E-state index in [2.05, 4.69) is 18.3 Å². The van der Waals surface area contributed by atoms with Gasteiger partial charge in [-0.15, -0.1) is 0 Å². The molecular formula is C20H29NO3. The lowest BCUT2D eigenvalue weighted by Gasteiger charge is -2.23. The molecule has 0 saturated heterocycles. The molecule has 1 saturated carbocycles. The molecule has 2 rings (SSSR count). The fraction of sp³-hybridized carbons (Fsp3) is 0.550. The number of amides is 1. The number of rotatable bonds is 7. The zero-order chi connectivity index (χ0) is 17.4. The summed E-state index contributed by atoms with van der Waals surface area (Å²) in [5.74, 6) is 0.797. The first kappa shape index (κ1) is 18.4. The topological polar surface area (TPSA) is 58.6 Å². The van der Waals surface area contributed by atoms with Crippen LogP contribution >= 0.6 is 0 Å². The van der Waals surface area contributed by atoms with Crippen LogP contribution in [0.3, 0.4) is 0 Å². The van der Waals surface area contributed by atoms with Crippen molar-refractivity contribution in [2.45, 2.75) is 58.4 Å². The van der Waals surface area contributed by atoms with Crippen LogP contribution in [0.4, 0.5) is 0 Å². The lowest BCUT2D eigenvalue weighted by molar-refractivity contribution is -0.125. The zero-order valence-corrected chi connectivity index (χ0v) is 14.8. The van der Waals surface area contributed by atoms with E-state index in [-0.39, 0.29) is 17.6 Å². The van der Waals surface area contributed by atoms with Gasteiger partial charge in [0.05, 0.1) is 7.11 Å². The van der Waals surface area contributed by atoms with Gasteiger partial charge < -0.3 is 15.2 Å². The van der Waals surface area contributed by atoms with Crippen LogP contribution < -0.4 is 10.1 Å². The molecule has 0 atom stereocenters. The van der Waals surface area contributed by atoms with Crippen molar-refractivity contribution in [1.29, 1.82) is 0 Å². The minimum Gasteiger partial charge on any atom is -0.504 e. The van der Waals surface area contributed by atoms with E-state index in [0.29, 0.717) is 12.3 Å². The normalized spacial score (nSPS) is 17.4. The van der Waals surface area contributed by atoms with E-state index in [9.17, 15) is 9.90 Å². The lowest BCUT2D eigenvalue weighted by Crippen LogP contribution is -2.31. The van der Waals surface area contributed by atoms with Crippen LogP contribution in [-0.2, 0) is 11.3 Å². The van der Waals surface area contributed by atoms with Gasteiger partial charge in [-0.05, 0) is 49.8 Å². The summed E-state index contributed by atoms with van der Waals surface area (Å²) < 4.78 is 5.09. The molecule has 0 aromatic heterocycles. The number of phenolic OH excluding ortho intramolecular Hbond substituents is 1. The van der Waals surface area contributed by atoms with E-state index in [4.69, 9.17) is 4.74 Å². The van der Waals surface area contributed by atoms with E-state index < -0.39 is 0 Å². The predicted octanol–water partition coefficient (Wildman–Crippen LogP) is 4.32. The Morgan fingerprint density at radius 2 is 2.12 bits per heavy atom. The summed E-state index contributed by atoms with van der Waals surface area (Å²) in [5, 5.41) is 12.6. The molecule has 132 valence electrons. The largest absolute Gasteiger partial charge is 0.504 e. The third kappa shape index (κ3) is 5.29. The number of allylic oxidation sites excluding steroid dienone is 2. The molecule has 1 amide bonds. The Morgan fingerprint density at radius 1 is 1.38 bits per heavy atom. The fourth-order valence-electron chi connectivity index (χ4n) is 3.13. The zero-order valence-electron chi connectivity index (χ0n) is 14.8. The van der Waals surface area contributed by atoms with E-state index in [1.165, 1.54) is 31.9 Å². The number of ether oxygens (including phenoxy) is 1. The Balaban J connectivity index is 1.78. The van der Waals surface area contributed by atoms with Crippen molar-refractivity contribution in [2.24, 2.45) is 5.92 Å². The highest BCUT2D eigenvalue weighted by atomic mass is 16.5. The summed E-state index contributed by atoms with van der Waals surface area (Å²) >= 11 is 0. The Labute approximate surface area is 144 Å². The average Bonchev–Trinajstić information content (AvgIpc) is 2.61. The summed E-state index contributed by atoms with van der Waals surface area (Å²) in [6.45, 7) is 2.68. The standard InChI is InChI=1S/C20H29NO3/c1-3-4-5-6-15-7-10-17(11-8-15)20(23)21-14-16-9-12-18(22)19(13-16)24-2/h6,9,12-13,17,22H,3-5,7-8,10-11,14H2,1-2H3,(H,21,23). The van der Waals surface area contributed by atoms with Crippen LogP contribution in [0.1, 0.15) is 57.4 Å². The number of carbonyl (C=O) groups excluding carboxylic acids is 1. The van der Waals surface area contributed by atoms with Crippen molar-refractivity contribution in [3.63, 3.8) is 0 Å². The van der Waals surface area contributed by atoms with Gasteiger partial charge in [0, 0.05) is 12.5 Å². The first-order chi connectivity index (χ1) is 11.6. The second kappa shape index (κ2) is 9.36. The molecule has 0 bridgehead atoms. The first-order valence-electron chi connectivity index (χ1n) is 8.95. The molecule has 1 aromatic carbocycles. The second-order valence-electron chi connectivity index (χ2n) is 6.50. The first-order valence-corrected chi connectivity index (χ1v) is 8.95. The van der Waals surface area contributed by atoms with Crippen molar-refractivity contribution in [3.05, 3.63) is 35.4 Å². The third-order valence-corrected chi connectivity index (χ3v) is 4.70. The smallest absolute Gasteiger partial charge is 0.223 e. The van der Waals surface area contributed by atoms with Gasteiger partial charge in [0.2, 0.25) is 5.91 Å². The molecule has 1 aliphatic rings. The number of unbranched alkanes of at least 4 members (excludes halogenated alkanes) is 2. The molecule has 24 heavy (non-hydrogen) atoms. The number of aromatic hydroxyl groups is 1. The number of methoxy groups -OCH3 is 1. The summed E-state index contributed by atoms with van der Waals surface area (Å²) in [4.78, 5) is 12.3. The van der Waals surface area contributed by atoms with Gasteiger partial charge in [-0.2, -0.15) is 0 Å². The Bertz CT molecular complexity index is 570. The maximum atomic E-state index is 12.3. The van der Waals surface area contributed by atoms with E-state index in [1.54, 1.807) is 18.2 Å². The minimum atomic E-state index is 0.113. The molecule has 2 N–H and O–H groups in total. The highest BCUT2D eigenvalue weighted by Crippen LogP contribution is 2.29. The number of benzene rings is 1. The Hall–Kier alpha value is -1.97. The minimum absolute atomic E-state index is 0.113. The van der Waals surface area contributed by atoms with E-state index >= 15 is 0 Å². The number of hydrogen-bond acceptors (Lipinski definition) is 3. The summed E-state index contributed by atoms with van der Waals surface area (Å²) in [6, 6.07) is 5.15. The summed E-state index contributed by atoms with van der Waals surface area (Å²) in [7, 11) is 1.52. The van der Waals surface area contributed by atoms with Crippen LogP contribution in [0.15, 0.2) is 29.8 Å². The highest BCUT2D eigenvalue weighted by Gasteiger charge is 2.22. The third-order valence-electron chi connectivity index (χ3n) is 4.70. The molecular weight excluding hydrogens is 302 g/mol. The van der Waals surface area contributed by atoms with Gasteiger partial charge >= 0.3 is 0 Å². The van der Waals surface area contributed by atoms with Gasteiger partial charge in [-0.25, -0.2) is 0 Å². The van der Waals surface area contributed by atoms with Crippen LogP contribution in [0.5, 0.6) is 11.5 Å². The molecule has 0 aliphatic heterocycles. The molecule has 0 heterocycles. The predicted molar refractivity (Wildman–Crippen MR) is 96.1 cm³/mol. The number of phenols is 1. The fourth-order valence-corrected chi connectivity index (χ4v) is 3.13. The van der Waals surface area contributed by atoms with Crippen LogP contribution in [0, 0.1) is 5.92 Å². The summed E-state index contributed by atoms with van der Waals surface area (Å²) in [6.07, 6.45) is 10.0. The van der Waals surface area contributed by atoms with Crippen molar-refractivity contribution in [3.8, 4) is 11.5 Å². The lowest BCUT2D eigenvalue weighted by atomic mass is 9.84. The van der Waals surface area contributed by atoms with Gasteiger partial charge in [0.1, 0.15) is 0 Å². The molecule has 1 fully saturated rings. The molecule has 4 nitrogen and oxygen atoms in total. The Morgan fingerprint density at radius 3 is 2.79 bits per heavy atom. The number of nitrogens with one attached hydrogen (secondary N) is 1. The van der Waals surface area contributed by atoms with E-state index in [1.807, 2.05) is 0 Å². The van der Waals surface area contributed by atoms with Crippen molar-refractivity contribution in [2.75, 3.05) is 7.11 Å².